The number of amides is 1. The predicted octanol–water partition coefficient (Wildman–Crippen LogP) is 0.983. The molecule has 1 heterocycles. The first-order valence-electron chi connectivity index (χ1n) is 9.30. The van der Waals surface area contributed by atoms with E-state index < -0.39 is 15.8 Å². The largest absolute Gasteiger partial charge is 0.335 e. The minimum atomic E-state index is -3.89. The summed E-state index contributed by atoms with van der Waals surface area (Å²) >= 11 is 0. The number of hydrogen-bond acceptors (Lipinski definition) is 3. The Balaban J connectivity index is 1.53. The molecule has 3 rings (SSSR count). The van der Waals surface area contributed by atoms with Crippen LogP contribution in [-0.4, -0.2) is 56.3 Å². The first kappa shape index (κ1) is 20.4. The van der Waals surface area contributed by atoms with Crippen LogP contribution in [0.25, 0.3) is 0 Å². The van der Waals surface area contributed by atoms with E-state index in [1.54, 1.807) is 4.90 Å². The average Bonchev–Trinajstić information content (AvgIpc) is 2.72. The van der Waals surface area contributed by atoms with Crippen molar-refractivity contribution in [2.75, 3.05) is 32.7 Å². The number of halogens is 1. The quantitative estimate of drug-likeness (QED) is 0.777. The highest BCUT2D eigenvalue weighted by molar-refractivity contribution is 7.89. The van der Waals surface area contributed by atoms with Crippen molar-refractivity contribution in [3.8, 4) is 0 Å². The molecular weight excluding hydrogens is 381 g/mol. The molecule has 1 saturated heterocycles. The van der Waals surface area contributed by atoms with Gasteiger partial charge in [0.05, 0.1) is 0 Å². The summed E-state index contributed by atoms with van der Waals surface area (Å²) < 4.78 is 40.4. The molecule has 0 saturated carbocycles. The molecule has 0 aliphatic carbocycles. The Bertz CT molecular complexity index is 913. The van der Waals surface area contributed by atoms with Gasteiger partial charge in [-0.15, -0.1) is 0 Å². The molecule has 1 fully saturated rings. The monoisotopic (exact) mass is 406 g/mol. The van der Waals surface area contributed by atoms with Crippen LogP contribution in [-0.2, 0) is 14.8 Å². The van der Waals surface area contributed by atoms with Gasteiger partial charge in [-0.1, -0.05) is 42.5 Å². The van der Waals surface area contributed by atoms with E-state index in [0.29, 0.717) is 19.6 Å². The molecule has 1 aliphatic heterocycles. The summed E-state index contributed by atoms with van der Waals surface area (Å²) in [6.07, 6.45) is 0. The molecule has 8 heteroatoms. The van der Waals surface area contributed by atoms with Crippen LogP contribution in [0.2, 0.25) is 0 Å². The molecule has 1 atom stereocenters. The second kappa shape index (κ2) is 8.81. The maximum atomic E-state index is 13.9. The third-order valence-corrected chi connectivity index (χ3v) is 6.95. The Morgan fingerprint density at radius 3 is 2.29 bits per heavy atom. The van der Waals surface area contributed by atoms with Crippen molar-refractivity contribution in [1.82, 2.24) is 9.21 Å². The molecule has 150 valence electrons. The van der Waals surface area contributed by atoms with Crippen LogP contribution in [0, 0.1) is 5.82 Å². The van der Waals surface area contributed by atoms with E-state index in [0.717, 1.165) is 11.6 Å². The molecule has 2 aromatic carbocycles. The SMILES string of the molecule is C[C@@H]([NH2+]CC(=O)N1CCN(S(=O)(=O)c2ccccc2F)CC1)c1ccccc1. The van der Waals surface area contributed by atoms with E-state index in [4.69, 9.17) is 0 Å². The van der Waals surface area contributed by atoms with E-state index in [1.807, 2.05) is 42.6 Å². The lowest BCUT2D eigenvalue weighted by atomic mass is 10.1. The number of hydrogen-bond donors (Lipinski definition) is 1. The maximum Gasteiger partial charge on any atom is 0.277 e. The highest BCUT2D eigenvalue weighted by Gasteiger charge is 2.32. The number of quaternary nitrogens is 1. The van der Waals surface area contributed by atoms with Crippen molar-refractivity contribution >= 4 is 15.9 Å². The normalized spacial score (nSPS) is 16.7. The topological polar surface area (TPSA) is 74.3 Å². The standard InChI is InChI=1S/C20H24FN3O3S/c1-16(17-7-3-2-4-8-17)22-15-20(25)23-11-13-24(14-12-23)28(26,27)19-10-6-5-9-18(19)21/h2-10,16,22H,11-15H2,1H3/p+1/t16-/m1/s1. The summed E-state index contributed by atoms with van der Waals surface area (Å²) in [6.45, 7) is 3.28. The fourth-order valence-electron chi connectivity index (χ4n) is 3.27. The third kappa shape index (κ3) is 4.57. The Morgan fingerprint density at radius 2 is 1.64 bits per heavy atom. The van der Waals surface area contributed by atoms with Crippen molar-refractivity contribution < 1.29 is 22.9 Å². The number of sulfonamides is 1. The van der Waals surface area contributed by atoms with Gasteiger partial charge in [0.25, 0.3) is 5.91 Å². The molecule has 0 aromatic heterocycles. The van der Waals surface area contributed by atoms with Gasteiger partial charge in [0, 0.05) is 31.7 Å². The lowest BCUT2D eigenvalue weighted by Gasteiger charge is -2.33. The zero-order chi connectivity index (χ0) is 20.1. The Morgan fingerprint density at radius 1 is 1.04 bits per heavy atom. The van der Waals surface area contributed by atoms with Crippen molar-refractivity contribution in [1.29, 1.82) is 0 Å². The van der Waals surface area contributed by atoms with Crippen LogP contribution in [0.5, 0.6) is 0 Å². The third-order valence-electron chi connectivity index (χ3n) is 5.02. The summed E-state index contributed by atoms with van der Waals surface area (Å²) in [7, 11) is -3.89. The number of piperazine rings is 1. The number of rotatable bonds is 6. The van der Waals surface area contributed by atoms with Crippen LogP contribution >= 0.6 is 0 Å². The van der Waals surface area contributed by atoms with Gasteiger partial charge >= 0.3 is 0 Å². The predicted molar refractivity (Wildman–Crippen MR) is 103 cm³/mol. The van der Waals surface area contributed by atoms with E-state index >= 15 is 0 Å². The highest BCUT2D eigenvalue weighted by atomic mass is 32.2. The summed E-state index contributed by atoms with van der Waals surface area (Å²) in [5, 5.41) is 1.97. The number of benzene rings is 2. The van der Waals surface area contributed by atoms with Crippen molar-refractivity contribution in [2.45, 2.75) is 17.9 Å². The van der Waals surface area contributed by atoms with Gasteiger partial charge < -0.3 is 10.2 Å². The average molecular weight is 407 g/mol. The molecule has 2 aromatic rings. The Labute approximate surface area is 165 Å². The smallest absolute Gasteiger partial charge is 0.277 e. The van der Waals surface area contributed by atoms with Crippen molar-refractivity contribution in [3.05, 3.63) is 66.0 Å². The molecule has 1 amide bonds. The lowest BCUT2D eigenvalue weighted by Crippen LogP contribution is -2.87. The molecule has 0 bridgehead atoms. The summed E-state index contributed by atoms with van der Waals surface area (Å²) in [4.78, 5) is 13.8. The first-order chi connectivity index (χ1) is 13.4. The molecular formula is C20H25FN3O3S+. The highest BCUT2D eigenvalue weighted by Crippen LogP contribution is 2.20. The van der Waals surface area contributed by atoms with Crippen molar-refractivity contribution in [2.24, 2.45) is 0 Å². The second-order valence-electron chi connectivity index (χ2n) is 6.85. The molecule has 0 unspecified atom stereocenters. The number of carbonyl (C=O) groups excluding carboxylic acids is 1. The van der Waals surface area contributed by atoms with Gasteiger partial charge in [-0.2, -0.15) is 4.31 Å². The molecule has 0 radical (unpaired) electrons. The van der Waals surface area contributed by atoms with Crippen LogP contribution in [0.15, 0.2) is 59.5 Å². The molecule has 0 spiro atoms. The Kier molecular flexibility index (Phi) is 6.43. The number of nitrogens with zero attached hydrogens (tertiary/aromatic N) is 2. The molecule has 28 heavy (non-hydrogen) atoms. The lowest BCUT2D eigenvalue weighted by molar-refractivity contribution is -0.683. The summed E-state index contributed by atoms with van der Waals surface area (Å²) in [6, 6.07) is 15.5. The van der Waals surface area contributed by atoms with Crippen LogP contribution in [0.3, 0.4) is 0 Å². The molecule has 2 N–H and O–H groups in total. The maximum absolute atomic E-state index is 13.9. The fraction of sp³-hybridized carbons (Fsp3) is 0.350. The van der Waals surface area contributed by atoms with Gasteiger partial charge in [-0.25, -0.2) is 12.8 Å². The van der Waals surface area contributed by atoms with Crippen LogP contribution in [0.1, 0.15) is 18.5 Å². The Hall–Kier alpha value is -2.29. The minimum absolute atomic E-state index is 0.0225. The van der Waals surface area contributed by atoms with E-state index in [2.05, 4.69) is 0 Å². The minimum Gasteiger partial charge on any atom is -0.335 e. The first-order valence-corrected chi connectivity index (χ1v) is 10.7. The molecule has 1 aliphatic rings. The van der Waals surface area contributed by atoms with Crippen molar-refractivity contribution in [3.63, 3.8) is 0 Å². The summed E-state index contributed by atoms with van der Waals surface area (Å²) in [5.74, 6) is -0.781. The number of nitrogens with two attached hydrogens (primary N) is 1. The van der Waals surface area contributed by atoms with E-state index in [1.165, 1.54) is 22.5 Å². The van der Waals surface area contributed by atoms with E-state index in [9.17, 15) is 17.6 Å². The van der Waals surface area contributed by atoms with Gasteiger partial charge in [-0.3, -0.25) is 4.79 Å². The van der Waals surface area contributed by atoms with Gasteiger partial charge in [-0.05, 0) is 19.1 Å². The number of carbonyl (C=O) groups is 1. The fourth-order valence-corrected chi connectivity index (χ4v) is 4.76. The van der Waals surface area contributed by atoms with E-state index in [-0.39, 0.29) is 29.9 Å². The second-order valence-corrected chi connectivity index (χ2v) is 8.76. The van der Waals surface area contributed by atoms with Gasteiger partial charge in [0.15, 0.2) is 6.54 Å². The van der Waals surface area contributed by atoms with Gasteiger partial charge in [0.1, 0.15) is 16.8 Å². The zero-order valence-corrected chi connectivity index (χ0v) is 16.6. The molecule has 6 nitrogen and oxygen atoms in total. The van der Waals surface area contributed by atoms with Crippen LogP contribution in [0.4, 0.5) is 4.39 Å². The van der Waals surface area contributed by atoms with Crippen LogP contribution < -0.4 is 5.32 Å². The zero-order valence-electron chi connectivity index (χ0n) is 15.8. The van der Waals surface area contributed by atoms with Gasteiger partial charge in [0.2, 0.25) is 10.0 Å². The summed E-state index contributed by atoms with van der Waals surface area (Å²) in [5.41, 5.74) is 1.15.